The van der Waals surface area contributed by atoms with E-state index in [1.54, 1.807) is 6.92 Å². The fourth-order valence-electron chi connectivity index (χ4n) is 1.00. The molecular weight excluding hydrogens is 238 g/mol. The first kappa shape index (κ1) is 16.3. The van der Waals surface area contributed by atoms with Crippen molar-refractivity contribution in [3.63, 3.8) is 0 Å². The maximum Gasteiger partial charge on any atom is 0.342 e. The van der Waals surface area contributed by atoms with Crippen LogP contribution in [0.5, 0.6) is 0 Å². The van der Waals surface area contributed by atoms with Crippen LogP contribution in [-0.4, -0.2) is 56.5 Å². The fraction of sp³-hybridized carbons (Fsp3) is 0.583. The molecule has 102 valence electrons. The molecule has 0 fully saturated rings. The van der Waals surface area contributed by atoms with E-state index in [9.17, 15) is 14.4 Å². The van der Waals surface area contributed by atoms with Crippen molar-refractivity contribution in [2.45, 2.75) is 13.8 Å². The Morgan fingerprint density at radius 3 is 2.22 bits per heavy atom. The van der Waals surface area contributed by atoms with E-state index < -0.39 is 17.7 Å². The van der Waals surface area contributed by atoms with Crippen LogP contribution in [0.25, 0.3) is 0 Å². The number of ether oxygens (including phenoxy) is 2. The van der Waals surface area contributed by atoms with Gasteiger partial charge >= 0.3 is 11.9 Å². The number of rotatable bonds is 7. The maximum absolute atomic E-state index is 11.6. The quantitative estimate of drug-likeness (QED) is 0.280. The predicted octanol–water partition coefficient (Wildman–Crippen LogP) is 0.170. The van der Waals surface area contributed by atoms with Crippen molar-refractivity contribution < 1.29 is 23.9 Å². The molecule has 0 radical (unpaired) electrons. The number of hydrogen-bond acceptors (Lipinski definition) is 6. The molecule has 0 saturated heterocycles. The molecule has 0 N–H and O–H groups in total. The lowest BCUT2D eigenvalue weighted by atomic mass is 10.2. The summed E-state index contributed by atoms with van der Waals surface area (Å²) in [6, 6.07) is 0. The van der Waals surface area contributed by atoms with Crippen LogP contribution in [0.3, 0.4) is 0 Å². The Bertz CT molecular complexity index is 346. The molecule has 0 aliphatic rings. The summed E-state index contributed by atoms with van der Waals surface area (Å²) in [6.45, 7) is 3.69. The van der Waals surface area contributed by atoms with E-state index >= 15 is 0 Å². The number of esters is 2. The molecule has 0 aliphatic heterocycles. The normalized spacial score (nSPS) is 11.3. The van der Waals surface area contributed by atoms with Crippen LogP contribution in [0, 0.1) is 0 Å². The lowest BCUT2D eigenvalue weighted by Crippen LogP contribution is -2.22. The molecule has 18 heavy (non-hydrogen) atoms. The average molecular weight is 257 g/mol. The number of carbonyl (C=O) groups is 3. The summed E-state index contributed by atoms with van der Waals surface area (Å²) in [5.41, 5.74) is -0.299. The summed E-state index contributed by atoms with van der Waals surface area (Å²) in [4.78, 5) is 35.8. The average Bonchev–Trinajstić information content (AvgIpc) is 2.25. The van der Waals surface area contributed by atoms with Gasteiger partial charge in [0, 0.05) is 12.6 Å². The highest BCUT2D eigenvalue weighted by molar-refractivity contribution is 6.19. The molecule has 0 aromatic carbocycles. The summed E-state index contributed by atoms with van der Waals surface area (Å²) in [5, 5.41) is 0. The van der Waals surface area contributed by atoms with Gasteiger partial charge in [0.05, 0.1) is 6.61 Å². The van der Waals surface area contributed by atoms with E-state index in [0.29, 0.717) is 6.54 Å². The zero-order chi connectivity index (χ0) is 14.1. The molecule has 0 aliphatic carbocycles. The number of ketones is 1. The van der Waals surface area contributed by atoms with Crippen LogP contribution in [0.15, 0.2) is 11.6 Å². The highest BCUT2D eigenvalue weighted by atomic mass is 16.5. The van der Waals surface area contributed by atoms with Gasteiger partial charge in [0.15, 0.2) is 5.78 Å². The van der Waals surface area contributed by atoms with Gasteiger partial charge in [0.25, 0.3) is 0 Å². The minimum Gasteiger partial charge on any atom is -0.463 e. The lowest BCUT2D eigenvalue weighted by molar-refractivity contribution is -0.142. The van der Waals surface area contributed by atoms with Gasteiger partial charge in [-0.25, -0.2) is 9.59 Å². The van der Waals surface area contributed by atoms with Crippen molar-refractivity contribution in [3.8, 4) is 0 Å². The van der Waals surface area contributed by atoms with Crippen molar-refractivity contribution in [3.05, 3.63) is 11.6 Å². The van der Waals surface area contributed by atoms with Crippen molar-refractivity contribution in [2.75, 3.05) is 33.9 Å². The Morgan fingerprint density at radius 2 is 1.78 bits per heavy atom. The molecule has 0 bridgehead atoms. The summed E-state index contributed by atoms with van der Waals surface area (Å²) >= 11 is 0. The molecule has 0 heterocycles. The number of nitrogens with zero attached hydrogens (tertiary/aromatic N) is 1. The SMILES string of the molecule is CCOC(=O)/C=C(/C(C)=O)C(=O)OCCN(C)C. The monoisotopic (exact) mass is 257 g/mol. The van der Waals surface area contributed by atoms with Gasteiger partial charge in [-0.1, -0.05) is 0 Å². The van der Waals surface area contributed by atoms with E-state index in [0.717, 1.165) is 6.08 Å². The molecule has 6 heteroatoms. The van der Waals surface area contributed by atoms with Gasteiger partial charge in [-0.3, -0.25) is 4.79 Å². The van der Waals surface area contributed by atoms with Gasteiger partial charge in [0.2, 0.25) is 0 Å². The number of Topliss-reactive ketones (excluding diaryl/α,β-unsaturated/α-hetero) is 1. The smallest absolute Gasteiger partial charge is 0.342 e. The zero-order valence-electron chi connectivity index (χ0n) is 11.2. The van der Waals surface area contributed by atoms with Gasteiger partial charge in [0.1, 0.15) is 12.2 Å². The molecule has 0 aromatic rings. The summed E-state index contributed by atoms with van der Waals surface area (Å²) < 4.78 is 9.51. The molecule has 0 spiro atoms. The molecular formula is C12H19NO5. The second kappa shape index (κ2) is 8.41. The number of hydrogen-bond donors (Lipinski definition) is 0. The Balaban J connectivity index is 4.55. The van der Waals surface area contributed by atoms with E-state index in [-0.39, 0.29) is 18.8 Å². The standard InChI is InChI=1S/C12H19NO5/c1-5-17-11(15)8-10(9(2)14)12(16)18-7-6-13(3)4/h8H,5-7H2,1-4H3/b10-8-. The fourth-order valence-corrected chi connectivity index (χ4v) is 1.00. The van der Waals surface area contributed by atoms with Crippen molar-refractivity contribution in [2.24, 2.45) is 0 Å². The topological polar surface area (TPSA) is 72.9 Å². The summed E-state index contributed by atoms with van der Waals surface area (Å²) in [5.74, 6) is -2.07. The third-order valence-electron chi connectivity index (χ3n) is 1.92. The van der Waals surface area contributed by atoms with Crippen molar-refractivity contribution in [1.29, 1.82) is 0 Å². The van der Waals surface area contributed by atoms with E-state index in [1.807, 2.05) is 19.0 Å². The van der Waals surface area contributed by atoms with E-state index in [1.165, 1.54) is 6.92 Å². The van der Waals surface area contributed by atoms with Crippen LogP contribution < -0.4 is 0 Å². The molecule has 6 nitrogen and oxygen atoms in total. The Kier molecular flexibility index (Phi) is 7.62. The summed E-state index contributed by atoms with van der Waals surface area (Å²) in [6.07, 6.45) is 0.865. The Labute approximate surface area is 107 Å². The number of likely N-dealkylation sites (N-methyl/N-ethyl adjacent to an activating group) is 1. The first-order valence-corrected chi connectivity index (χ1v) is 5.59. The Morgan fingerprint density at radius 1 is 1.17 bits per heavy atom. The van der Waals surface area contributed by atoms with Gasteiger partial charge < -0.3 is 14.4 Å². The first-order valence-electron chi connectivity index (χ1n) is 5.59. The lowest BCUT2D eigenvalue weighted by Gasteiger charge is -2.10. The molecule has 0 atom stereocenters. The van der Waals surface area contributed by atoms with E-state index in [2.05, 4.69) is 4.74 Å². The first-order chi connectivity index (χ1) is 8.38. The van der Waals surface area contributed by atoms with Gasteiger partial charge in [-0.2, -0.15) is 0 Å². The third-order valence-corrected chi connectivity index (χ3v) is 1.92. The molecule has 0 unspecified atom stereocenters. The highest BCUT2D eigenvalue weighted by Gasteiger charge is 2.18. The van der Waals surface area contributed by atoms with Crippen LogP contribution in [0.2, 0.25) is 0 Å². The van der Waals surface area contributed by atoms with Gasteiger partial charge in [-0.05, 0) is 27.9 Å². The van der Waals surface area contributed by atoms with Crippen LogP contribution in [-0.2, 0) is 23.9 Å². The van der Waals surface area contributed by atoms with Crippen molar-refractivity contribution in [1.82, 2.24) is 4.90 Å². The number of carbonyl (C=O) groups excluding carboxylic acids is 3. The molecule has 0 saturated carbocycles. The van der Waals surface area contributed by atoms with Crippen LogP contribution in [0.1, 0.15) is 13.8 Å². The second-order valence-electron chi connectivity index (χ2n) is 3.81. The summed E-state index contributed by atoms with van der Waals surface area (Å²) in [7, 11) is 3.66. The maximum atomic E-state index is 11.6. The van der Waals surface area contributed by atoms with Crippen LogP contribution >= 0.6 is 0 Å². The second-order valence-corrected chi connectivity index (χ2v) is 3.81. The van der Waals surface area contributed by atoms with Crippen LogP contribution in [0.4, 0.5) is 0 Å². The molecule has 0 amide bonds. The third kappa shape index (κ3) is 6.80. The zero-order valence-corrected chi connectivity index (χ0v) is 11.2. The molecule has 0 rings (SSSR count). The highest BCUT2D eigenvalue weighted by Crippen LogP contribution is 2.01. The predicted molar refractivity (Wildman–Crippen MR) is 64.9 cm³/mol. The van der Waals surface area contributed by atoms with E-state index in [4.69, 9.17) is 4.74 Å². The van der Waals surface area contributed by atoms with Gasteiger partial charge in [-0.15, -0.1) is 0 Å². The largest absolute Gasteiger partial charge is 0.463 e. The minimum absolute atomic E-state index is 0.152. The molecule has 0 aromatic heterocycles. The van der Waals surface area contributed by atoms with Crippen molar-refractivity contribution >= 4 is 17.7 Å². The Hall–Kier alpha value is -1.69. The minimum atomic E-state index is -0.808.